The molecule has 2 aromatic carbocycles. The SMILES string of the molecule is O=c1c(OS(=O)(=O)O)c(-c2ccc(O)c(O)c2)oc2ccccc12. The summed E-state index contributed by atoms with van der Waals surface area (Å²) < 4.78 is 40.9. The Kier molecular flexibility index (Phi) is 3.66. The van der Waals surface area contributed by atoms with Crippen LogP contribution in [0.1, 0.15) is 0 Å². The second-order valence-electron chi connectivity index (χ2n) is 4.80. The quantitative estimate of drug-likeness (QED) is 0.482. The predicted octanol–water partition coefficient (Wildman–Crippen LogP) is 2.05. The highest BCUT2D eigenvalue weighted by Crippen LogP contribution is 2.35. The molecule has 0 saturated carbocycles. The molecule has 0 spiro atoms. The van der Waals surface area contributed by atoms with Gasteiger partial charge in [0.15, 0.2) is 17.3 Å². The zero-order valence-corrected chi connectivity index (χ0v) is 12.6. The van der Waals surface area contributed by atoms with Crippen molar-refractivity contribution in [3.05, 3.63) is 52.7 Å². The summed E-state index contributed by atoms with van der Waals surface area (Å²) in [6, 6.07) is 9.48. The van der Waals surface area contributed by atoms with Crippen molar-refractivity contribution >= 4 is 21.4 Å². The van der Waals surface area contributed by atoms with E-state index in [2.05, 4.69) is 4.18 Å². The van der Waals surface area contributed by atoms with E-state index in [4.69, 9.17) is 8.97 Å². The Morgan fingerprint density at radius 3 is 2.38 bits per heavy atom. The van der Waals surface area contributed by atoms with Gasteiger partial charge < -0.3 is 18.8 Å². The molecule has 0 amide bonds. The van der Waals surface area contributed by atoms with Crippen molar-refractivity contribution in [2.24, 2.45) is 0 Å². The Labute approximate surface area is 135 Å². The molecule has 9 heteroatoms. The van der Waals surface area contributed by atoms with E-state index in [1.54, 1.807) is 12.1 Å². The molecule has 0 aliphatic heterocycles. The summed E-state index contributed by atoms with van der Waals surface area (Å²) in [5.74, 6) is -2.02. The fraction of sp³-hybridized carbons (Fsp3) is 0. The van der Waals surface area contributed by atoms with Gasteiger partial charge in [-0.3, -0.25) is 9.35 Å². The Bertz CT molecular complexity index is 1100. The molecular formula is C15H10O8S. The fourth-order valence-electron chi connectivity index (χ4n) is 2.16. The van der Waals surface area contributed by atoms with Crippen LogP contribution in [0.3, 0.4) is 0 Å². The van der Waals surface area contributed by atoms with E-state index >= 15 is 0 Å². The van der Waals surface area contributed by atoms with Crippen LogP contribution in [0.15, 0.2) is 51.7 Å². The molecule has 0 fully saturated rings. The highest BCUT2D eigenvalue weighted by Gasteiger charge is 2.22. The molecule has 0 saturated heterocycles. The van der Waals surface area contributed by atoms with E-state index < -0.39 is 33.1 Å². The van der Waals surface area contributed by atoms with Crippen molar-refractivity contribution in [2.45, 2.75) is 0 Å². The average Bonchev–Trinajstić information content (AvgIpc) is 2.52. The third kappa shape index (κ3) is 2.90. The molecule has 0 radical (unpaired) electrons. The average molecular weight is 350 g/mol. The summed E-state index contributed by atoms with van der Waals surface area (Å²) in [5.41, 5.74) is -0.614. The maximum atomic E-state index is 12.5. The van der Waals surface area contributed by atoms with Crippen LogP contribution in [0.4, 0.5) is 0 Å². The molecule has 3 N–H and O–H groups in total. The molecule has 124 valence electrons. The minimum atomic E-state index is -4.99. The fourth-order valence-corrected chi connectivity index (χ4v) is 2.52. The number of phenolic OH excluding ortho intramolecular Hbond substituents is 2. The van der Waals surface area contributed by atoms with Gasteiger partial charge in [-0.2, -0.15) is 8.42 Å². The third-order valence-corrected chi connectivity index (χ3v) is 3.56. The van der Waals surface area contributed by atoms with Crippen molar-refractivity contribution in [3.63, 3.8) is 0 Å². The van der Waals surface area contributed by atoms with Gasteiger partial charge in [-0.15, -0.1) is 0 Å². The summed E-state index contributed by atoms with van der Waals surface area (Å²) in [6.07, 6.45) is 0. The second-order valence-corrected chi connectivity index (χ2v) is 5.82. The highest BCUT2D eigenvalue weighted by atomic mass is 32.3. The first-order valence-corrected chi connectivity index (χ1v) is 7.88. The molecular weight excluding hydrogens is 340 g/mol. The lowest BCUT2D eigenvalue weighted by Crippen LogP contribution is -2.15. The van der Waals surface area contributed by atoms with Crippen LogP contribution in [0.2, 0.25) is 0 Å². The molecule has 3 aromatic rings. The van der Waals surface area contributed by atoms with Gasteiger partial charge >= 0.3 is 10.4 Å². The molecule has 0 unspecified atom stereocenters. The number of hydrogen-bond acceptors (Lipinski definition) is 7. The van der Waals surface area contributed by atoms with E-state index in [-0.39, 0.29) is 22.3 Å². The van der Waals surface area contributed by atoms with Crippen LogP contribution >= 0.6 is 0 Å². The largest absolute Gasteiger partial charge is 0.504 e. The molecule has 3 rings (SSSR count). The summed E-state index contributed by atoms with van der Waals surface area (Å²) in [4.78, 5) is 12.5. The van der Waals surface area contributed by atoms with Crippen molar-refractivity contribution in [1.82, 2.24) is 0 Å². The molecule has 1 heterocycles. The molecule has 0 bridgehead atoms. The van der Waals surface area contributed by atoms with Crippen LogP contribution < -0.4 is 9.61 Å². The monoisotopic (exact) mass is 350 g/mol. The van der Waals surface area contributed by atoms with Gasteiger partial charge in [-0.05, 0) is 30.3 Å². The highest BCUT2D eigenvalue weighted by molar-refractivity contribution is 7.81. The first-order chi connectivity index (χ1) is 11.3. The maximum Gasteiger partial charge on any atom is 0.446 e. The van der Waals surface area contributed by atoms with Crippen molar-refractivity contribution in [2.75, 3.05) is 0 Å². The Balaban J connectivity index is 2.38. The van der Waals surface area contributed by atoms with Crippen LogP contribution in [0.25, 0.3) is 22.3 Å². The zero-order chi connectivity index (χ0) is 17.5. The maximum absolute atomic E-state index is 12.5. The number of hydrogen-bond donors (Lipinski definition) is 3. The van der Waals surface area contributed by atoms with Gasteiger partial charge in [0, 0.05) is 5.56 Å². The lowest BCUT2D eigenvalue weighted by Gasteiger charge is -2.10. The molecule has 24 heavy (non-hydrogen) atoms. The second kappa shape index (κ2) is 5.55. The van der Waals surface area contributed by atoms with E-state index in [1.165, 1.54) is 18.2 Å². The van der Waals surface area contributed by atoms with E-state index in [9.17, 15) is 23.4 Å². The number of fused-ring (bicyclic) bond motifs is 1. The van der Waals surface area contributed by atoms with Crippen LogP contribution in [-0.2, 0) is 10.4 Å². The summed E-state index contributed by atoms with van der Waals surface area (Å²) in [6.45, 7) is 0. The summed E-state index contributed by atoms with van der Waals surface area (Å²) >= 11 is 0. The molecule has 8 nitrogen and oxygen atoms in total. The summed E-state index contributed by atoms with van der Waals surface area (Å²) in [5, 5.41) is 19.0. The molecule has 1 aromatic heterocycles. The zero-order valence-electron chi connectivity index (χ0n) is 11.8. The van der Waals surface area contributed by atoms with Gasteiger partial charge in [-0.25, -0.2) is 0 Å². The van der Waals surface area contributed by atoms with Crippen molar-refractivity contribution in [3.8, 4) is 28.6 Å². The number of benzene rings is 2. The standard InChI is InChI=1S/C15H10O8S/c16-10-6-5-8(7-11(10)17)14-15(23-24(19,20)21)13(18)9-3-1-2-4-12(9)22-14/h1-7,16-17H,(H,19,20,21). The number of phenols is 2. The third-order valence-electron chi connectivity index (χ3n) is 3.18. The van der Waals surface area contributed by atoms with Crippen molar-refractivity contribution in [1.29, 1.82) is 0 Å². The first-order valence-electron chi connectivity index (χ1n) is 6.51. The van der Waals surface area contributed by atoms with Gasteiger partial charge in [-0.1, -0.05) is 12.1 Å². The topological polar surface area (TPSA) is 134 Å². The predicted molar refractivity (Wildman–Crippen MR) is 83.4 cm³/mol. The van der Waals surface area contributed by atoms with Crippen molar-refractivity contribution < 1.29 is 31.8 Å². The van der Waals surface area contributed by atoms with Crippen LogP contribution in [-0.4, -0.2) is 23.2 Å². The Morgan fingerprint density at radius 2 is 1.71 bits per heavy atom. The van der Waals surface area contributed by atoms with Crippen LogP contribution in [0, 0.1) is 0 Å². The lowest BCUT2D eigenvalue weighted by molar-refractivity contribution is 0.381. The van der Waals surface area contributed by atoms with Gasteiger partial charge in [0.25, 0.3) is 0 Å². The first kappa shape index (κ1) is 15.8. The van der Waals surface area contributed by atoms with Gasteiger partial charge in [0.05, 0.1) is 5.39 Å². The Morgan fingerprint density at radius 1 is 1.00 bits per heavy atom. The summed E-state index contributed by atoms with van der Waals surface area (Å²) in [7, 11) is -4.99. The lowest BCUT2D eigenvalue weighted by atomic mass is 10.1. The number of rotatable bonds is 3. The van der Waals surface area contributed by atoms with E-state index in [0.717, 1.165) is 12.1 Å². The smallest absolute Gasteiger partial charge is 0.446 e. The van der Waals surface area contributed by atoms with Crippen LogP contribution in [0.5, 0.6) is 17.2 Å². The normalized spacial score (nSPS) is 11.5. The minimum Gasteiger partial charge on any atom is -0.504 e. The molecule has 0 aliphatic rings. The number of para-hydroxylation sites is 1. The van der Waals surface area contributed by atoms with Gasteiger partial charge in [0.2, 0.25) is 11.2 Å². The molecule has 0 aliphatic carbocycles. The minimum absolute atomic E-state index is 0.0444. The van der Waals surface area contributed by atoms with E-state index in [1.807, 2.05) is 0 Å². The van der Waals surface area contributed by atoms with Gasteiger partial charge in [0.1, 0.15) is 5.58 Å². The molecule has 0 atom stereocenters. The van der Waals surface area contributed by atoms with E-state index in [0.29, 0.717) is 0 Å². The Hall–Kier alpha value is -3.04. The number of aromatic hydroxyl groups is 2.